The number of rotatable bonds is 3. The average molecular weight is 257 g/mol. The first-order valence-corrected chi connectivity index (χ1v) is 6.06. The molecule has 0 saturated heterocycles. The number of hydrogen-bond donors (Lipinski definition) is 1. The van der Waals surface area contributed by atoms with Gasteiger partial charge in [-0.1, -0.05) is 53.6 Å². The number of aryl methyl sites for hydroxylation is 1. The zero-order valence-electron chi connectivity index (χ0n) is 10.0. The minimum absolute atomic E-state index is 0.398. The van der Waals surface area contributed by atoms with Gasteiger partial charge in [-0.15, -0.1) is 0 Å². The smallest absolute Gasteiger partial charge is 0.140 e. The van der Waals surface area contributed by atoms with Crippen LogP contribution in [0.3, 0.4) is 0 Å². The van der Waals surface area contributed by atoms with Crippen LogP contribution in [0.1, 0.15) is 17.2 Å². The standard InChI is InChI=1S/C15H13ClN2/c1-11-6-8-12(9-7-11)15(10-17)18-14-5-3-2-4-13(14)16/h2-9,15,18H,1H3. The average Bonchev–Trinajstić information content (AvgIpc) is 2.39. The summed E-state index contributed by atoms with van der Waals surface area (Å²) in [6, 6.07) is 17.1. The van der Waals surface area contributed by atoms with Gasteiger partial charge < -0.3 is 5.32 Å². The van der Waals surface area contributed by atoms with Crippen molar-refractivity contribution in [2.75, 3.05) is 5.32 Å². The van der Waals surface area contributed by atoms with Gasteiger partial charge in [-0.2, -0.15) is 5.26 Å². The summed E-state index contributed by atoms with van der Waals surface area (Å²) >= 11 is 6.07. The fourth-order valence-electron chi connectivity index (χ4n) is 1.68. The fraction of sp³-hybridized carbons (Fsp3) is 0.133. The summed E-state index contributed by atoms with van der Waals surface area (Å²) < 4.78 is 0. The van der Waals surface area contributed by atoms with Crippen LogP contribution >= 0.6 is 11.6 Å². The molecule has 2 rings (SSSR count). The van der Waals surface area contributed by atoms with Crippen molar-refractivity contribution in [2.24, 2.45) is 0 Å². The molecule has 1 atom stereocenters. The highest BCUT2D eigenvalue weighted by Crippen LogP contribution is 2.25. The van der Waals surface area contributed by atoms with E-state index in [2.05, 4.69) is 11.4 Å². The van der Waals surface area contributed by atoms with E-state index >= 15 is 0 Å². The van der Waals surface area contributed by atoms with E-state index in [1.165, 1.54) is 5.56 Å². The minimum atomic E-state index is -0.398. The molecule has 0 fully saturated rings. The van der Waals surface area contributed by atoms with E-state index in [-0.39, 0.29) is 0 Å². The topological polar surface area (TPSA) is 35.8 Å². The van der Waals surface area contributed by atoms with Crippen molar-refractivity contribution in [2.45, 2.75) is 13.0 Å². The molecule has 1 unspecified atom stereocenters. The van der Waals surface area contributed by atoms with Gasteiger partial charge in [-0.05, 0) is 24.6 Å². The Morgan fingerprint density at radius 2 is 1.78 bits per heavy atom. The molecule has 0 aromatic heterocycles. The lowest BCUT2D eigenvalue weighted by molar-refractivity contribution is 0.996. The van der Waals surface area contributed by atoms with Gasteiger partial charge >= 0.3 is 0 Å². The molecule has 2 aromatic rings. The van der Waals surface area contributed by atoms with Crippen LogP contribution in [0, 0.1) is 18.3 Å². The Morgan fingerprint density at radius 1 is 1.11 bits per heavy atom. The Hall–Kier alpha value is -1.98. The van der Waals surface area contributed by atoms with Crippen molar-refractivity contribution in [1.82, 2.24) is 0 Å². The molecule has 1 N–H and O–H groups in total. The van der Waals surface area contributed by atoms with E-state index in [4.69, 9.17) is 11.6 Å². The van der Waals surface area contributed by atoms with Gasteiger partial charge in [-0.25, -0.2) is 0 Å². The molecular weight excluding hydrogens is 244 g/mol. The molecule has 3 heteroatoms. The summed E-state index contributed by atoms with van der Waals surface area (Å²) in [5.41, 5.74) is 2.88. The Morgan fingerprint density at radius 3 is 2.39 bits per heavy atom. The van der Waals surface area contributed by atoms with E-state index in [9.17, 15) is 5.26 Å². The van der Waals surface area contributed by atoms with E-state index in [1.807, 2.05) is 49.4 Å². The number of halogens is 1. The number of hydrogen-bond acceptors (Lipinski definition) is 2. The molecule has 0 spiro atoms. The molecule has 0 aliphatic rings. The van der Waals surface area contributed by atoms with Crippen molar-refractivity contribution in [3.63, 3.8) is 0 Å². The predicted molar refractivity (Wildman–Crippen MR) is 74.6 cm³/mol. The number of para-hydroxylation sites is 1. The van der Waals surface area contributed by atoms with Crippen LogP contribution in [0.15, 0.2) is 48.5 Å². The maximum absolute atomic E-state index is 9.25. The summed E-state index contributed by atoms with van der Waals surface area (Å²) in [4.78, 5) is 0. The van der Waals surface area contributed by atoms with E-state index in [1.54, 1.807) is 6.07 Å². The van der Waals surface area contributed by atoms with Gasteiger partial charge in [0.1, 0.15) is 6.04 Å². The van der Waals surface area contributed by atoms with Crippen molar-refractivity contribution in [3.8, 4) is 6.07 Å². The van der Waals surface area contributed by atoms with Crippen LogP contribution in [0.5, 0.6) is 0 Å². The molecule has 2 aromatic carbocycles. The van der Waals surface area contributed by atoms with E-state index in [0.29, 0.717) is 5.02 Å². The zero-order chi connectivity index (χ0) is 13.0. The number of anilines is 1. The summed E-state index contributed by atoms with van der Waals surface area (Å²) in [5.74, 6) is 0. The van der Waals surface area contributed by atoms with Gasteiger partial charge in [0, 0.05) is 0 Å². The van der Waals surface area contributed by atoms with Gasteiger partial charge in [0.25, 0.3) is 0 Å². The number of benzene rings is 2. The normalized spacial score (nSPS) is 11.6. The van der Waals surface area contributed by atoms with Gasteiger partial charge in [0.05, 0.1) is 16.8 Å². The van der Waals surface area contributed by atoms with Crippen molar-refractivity contribution < 1.29 is 0 Å². The predicted octanol–water partition coefficient (Wildman–Crippen LogP) is 4.33. The number of nitriles is 1. The summed E-state index contributed by atoms with van der Waals surface area (Å²) in [5, 5.41) is 13.0. The van der Waals surface area contributed by atoms with Crippen LogP contribution < -0.4 is 5.32 Å². The van der Waals surface area contributed by atoms with Crippen molar-refractivity contribution in [3.05, 3.63) is 64.7 Å². The van der Waals surface area contributed by atoms with Crippen LogP contribution in [0.2, 0.25) is 5.02 Å². The molecule has 2 nitrogen and oxygen atoms in total. The first-order valence-electron chi connectivity index (χ1n) is 5.68. The Balaban J connectivity index is 2.23. The van der Waals surface area contributed by atoms with Crippen LogP contribution in [0.25, 0.3) is 0 Å². The lowest BCUT2D eigenvalue weighted by Crippen LogP contribution is -2.08. The third-order valence-corrected chi connectivity index (χ3v) is 3.04. The second kappa shape index (κ2) is 5.57. The van der Waals surface area contributed by atoms with Gasteiger partial charge in [-0.3, -0.25) is 0 Å². The monoisotopic (exact) mass is 256 g/mol. The first-order chi connectivity index (χ1) is 8.70. The minimum Gasteiger partial charge on any atom is -0.365 e. The lowest BCUT2D eigenvalue weighted by atomic mass is 10.1. The molecule has 0 saturated carbocycles. The highest BCUT2D eigenvalue weighted by Gasteiger charge is 2.11. The second-order valence-corrected chi connectivity index (χ2v) is 4.50. The molecular formula is C15H13ClN2. The van der Waals surface area contributed by atoms with Crippen molar-refractivity contribution in [1.29, 1.82) is 5.26 Å². The SMILES string of the molecule is Cc1ccc(C(C#N)Nc2ccccc2Cl)cc1. The Kier molecular flexibility index (Phi) is 3.86. The summed E-state index contributed by atoms with van der Waals surface area (Å²) in [6.07, 6.45) is 0. The molecule has 0 aliphatic carbocycles. The highest BCUT2D eigenvalue weighted by atomic mass is 35.5. The molecule has 0 heterocycles. The maximum atomic E-state index is 9.25. The molecule has 90 valence electrons. The van der Waals surface area contributed by atoms with Crippen LogP contribution in [0.4, 0.5) is 5.69 Å². The third-order valence-electron chi connectivity index (χ3n) is 2.71. The summed E-state index contributed by atoms with van der Waals surface area (Å²) in [7, 11) is 0. The molecule has 0 bridgehead atoms. The second-order valence-electron chi connectivity index (χ2n) is 4.10. The fourth-order valence-corrected chi connectivity index (χ4v) is 1.87. The Labute approximate surface area is 112 Å². The number of nitrogens with one attached hydrogen (secondary N) is 1. The van der Waals surface area contributed by atoms with Gasteiger partial charge in [0.2, 0.25) is 0 Å². The highest BCUT2D eigenvalue weighted by molar-refractivity contribution is 6.33. The first kappa shape index (κ1) is 12.5. The largest absolute Gasteiger partial charge is 0.365 e. The van der Waals surface area contributed by atoms with E-state index in [0.717, 1.165) is 11.3 Å². The lowest BCUT2D eigenvalue weighted by Gasteiger charge is -2.14. The third kappa shape index (κ3) is 2.82. The zero-order valence-corrected chi connectivity index (χ0v) is 10.8. The quantitative estimate of drug-likeness (QED) is 0.887. The van der Waals surface area contributed by atoms with Crippen molar-refractivity contribution >= 4 is 17.3 Å². The van der Waals surface area contributed by atoms with Gasteiger partial charge in [0.15, 0.2) is 0 Å². The molecule has 0 radical (unpaired) electrons. The van der Waals surface area contributed by atoms with Crippen LogP contribution in [-0.2, 0) is 0 Å². The molecule has 18 heavy (non-hydrogen) atoms. The van der Waals surface area contributed by atoms with E-state index < -0.39 is 6.04 Å². The molecule has 0 amide bonds. The molecule has 0 aliphatic heterocycles. The summed E-state index contributed by atoms with van der Waals surface area (Å²) in [6.45, 7) is 2.02. The van der Waals surface area contributed by atoms with Crippen LogP contribution in [-0.4, -0.2) is 0 Å². The Bertz CT molecular complexity index is 570. The maximum Gasteiger partial charge on any atom is 0.140 e. The number of nitrogens with zero attached hydrogens (tertiary/aromatic N) is 1.